The molecule has 34 heavy (non-hydrogen) atoms. The Hall–Kier alpha value is -3.35. The maximum atomic E-state index is 12.6. The molecule has 0 aliphatic heterocycles. The standard InChI is InChI=1S/C27H30N2O5/c30-25(28-19-13-17(14-19)26(31)32)16-6-5-7-18(12-16)29-27(33)34-15-24-22-10-3-1-8-20(22)21-9-2-4-11-23(21)24/h1-4,8-11,16-19,24H,5-7,12-15H2,(H,28,30)(H,29,33)(H,31,32). The predicted octanol–water partition coefficient (Wildman–Crippen LogP) is 4.06. The van der Waals surface area contributed by atoms with Crippen LogP contribution in [0.4, 0.5) is 4.79 Å². The van der Waals surface area contributed by atoms with E-state index in [-0.39, 0.29) is 42.4 Å². The van der Waals surface area contributed by atoms with Crippen molar-refractivity contribution in [2.75, 3.05) is 6.61 Å². The van der Waals surface area contributed by atoms with Crippen LogP contribution in [-0.4, -0.2) is 41.8 Å². The Balaban J connectivity index is 1.12. The van der Waals surface area contributed by atoms with E-state index >= 15 is 0 Å². The van der Waals surface area contributed by atoms with Gasteiger partial charge in [0, 0.05) is 23.9 Å². The highest BCUT2D eigenvalue weighted by Gasteiger charge is 2.37. The number of nitrogens with one attached hydrogen (secondary N) is 2. The van der Waals surface area contributed by atoms with E-state index < -0.39 is 12.1 Å². The van der Waals surface area contributed by atoms with E-state index in [1.807, 2.05) is 24.3 Å². The first kappa shape index (κ1) is 22.4. The van der Waals surface area contributed by atoms with Gasteiger partial charge in [-0.2, -0.15) is 0 Å². The zero-order valence-electron chi connectivity index (χ0n) is 19.0. The Kier molecular flexibility index (Phi) is 6.26. The third-order valence-electron chi connectivity index (χ3n) is 7.54. The van der Waals surface area contributed by atoms with E-state index in [0.29, 0.717) is 19.3 Å². The number of carbonyl (C=O) groups excluding carboxylic acids is 2. The van der Waals surface area contributed by atoms with Gasteiger partial charge in [0.1, 0.15) is 6.61 Å². The lowest BCUT2D eigenvalue weighted by molar-refractivity contribution is -0.146. The van der Waals surface area contributed by atoms with Crippen molar-refractivity contribution in [3.8, 4) is 11.1 Å². The van der Waals surface area contributed by atoms with Gasteiger partial charge in [0.2, 0.25) is 5.91 Å². The summed E-state index contributed by atoms with van der Waals surface area (Å²) in [5, 5.41) is 14.9. The van der Waals surface area contributed by atoms with Gasteiger partial charge < -0.3 is 20.5 Å². The van der Waals surface area contributed by atoms with Crippen LogP contribution in [0.15, 0.2) is 48.5 Å². The van der Waals surface area contributed by atoms with E-state index in [0.717, 1.165) is 19.3 Å². The van der Waals surface area contributed by atoms with Crippen LogP contribution in [0.1, 0.15) is 55.6 Å². The minimum Gasteiger partial charge on any atom is -0.481 e. The van der Waals surface area contributed by atoms with Crippen molar-refractivity contribution in [2.45, 2.75) is 56.5 Å². The number of alkyl carbamates (subject to hydrolysis) is 1. The van der Waals surface area contributed by atoms with Crippen LogP contribution in [-0.2, 0) is 14.3 Å². The number of hydrogen-bond donors (Lipinski definition) is 3. The number of ether oxygens (including phenoxy) is 1. The van der Waals surface area contributed by atoms with E-state index in [2.05, 4.69) is 34.9 Å². The summed E-state index contributed by atoms with van der Waals surface area (Å²) in [5.41, 5.74) is 4.72. The van der Waals surface area contributed by atoms with Gasteiger partial charge in [-0.15, -0.1) is 0 Å². The molecular weight excluding hydrogens is 432 g/mol. The molecule has 3 N–H and O–H groups in total. The van der Waals surface area contributed by atoms with Gasteiger partial charge in [-0.3, -0.25) is 9.59 Å². The van der Waals surface area contributed by atoms with Crippen LogP contribution in [0.5, 0.6) is 0 Å². The Morgan fingerprint density at radius 2 is 1.44 bits per heavy atom. The molecule has 0 radical (unpaired) electrons. The monoisotopic (exact) mass is 462 g/mol. The number of carboxylic acid groups (broad SMARTS) is 1. The first-order valence-electron chi connectivity index (χ1n) is 12.1. The second-order valence-corrected chi connectivity index (χ2v) is 9.74. The first-order valence-corrected chi connectivity index (χ1v) is 12.1. The second-order valence-electron chi connectivity index (χ2n) is 9.74. The lowest BCUT2D eigenvalue weighted by Crippen LogP contribution is -2.50. The average Bonchev–Trinajstić information content (AvgIpc) is 3.13. The third kappa shape index (κ3) is 4.52. The predicted molar refractivity (Wildman–Crippen MR) is 126 cm³/mol. The number of aliphatic carboxylic acids is 1. The number of carboxylic acids is 1. The highest BCUT2D eigenvalue weighted by molar-refractivity contribution is 5.80. The van der Waals surface area contributed by atoms with Crippen LogP contribution < -0.4 is 10.6 Å². The van der Waals surface area contributed by atoms with Crippen molar-refractivity contribution in [1.29, 1.82) is 0 Å². The molecule has 2 amide bonds. The van der Waals surface area contributed by atoms with Crippen LogP contribution >= 0.6 is 0 Å². The molecule has 7 nitrogen and oxygen atoms in total. The minimum atomic E-state index is -0.796. The molecule has 5 rings (SSSR count). The lowest BCUT2D eigenvalue weighted by Gasteiger charge is -2.35. The summed E-state index contributed by atoms with van der Waals surface area (Å²) in [4.78, 5) is 36.2. The number of amides is 2. The summed E-state index contributed by atoms with van der Waals surface area (Å²) < 4.78 is 5.66. The smallest absolute Gasteiger partial charge is 0.407 e. The maximum absolute atomic E-state index is 12.6. The summed E-state index contributed by atoms with van der Waals surface area (Å²) in [6, 6.07) is 16.3. The molecule has 0 spiro atoms. The summed E-state index contributed by atoms with van der Waals surface area (Å²) in [6.07, 6.45) is 3.57. The maximum Gasteiger partial charge on any atom is 0.407 e. The van der Waals surface area contributed by atoms with Crippen LogP contribution in [0.2, 0.25) is 0 Å². The molecule has 2 aromatic carbocycles. The van der Waals surface area contributed by atoms with Crippen molar-refractivity contribution in [3.63, 3.8) is 0 Å². The Morgan fingerprint density at radius 3 is 2.09 bits per heavy atom. The number of fused-ring (bicyclic) bond motifs is 3. The summed E-state index contributed by atoms with van der Waals surface area (Å²) in [7, 11) is 0. The number of benzene rings is 2. The molecular formula is C27H30N2O5. The molecule has 178 valence electrons. The summed E-state index contributed by atoms with van der Waals surface area (Å²) >= 11 is 0. The molecule has 3 aliphatic carbocycles. The van der Waals surface area contributed by atoms with Gasteiger partial charge >= 0.3 is 12.1 Å². The molecule has 2 atom stereocenters. The number of rotatable bonds is 6. The van der Waals surface area contributed by atoms with E-state index in [4.69, 9.17) is 9.84 Å². The van der Waals surface area contributed by atoms with Gasteiger partial charge in [0.25, 0.3) is 0 Å². The molecule has 2 saturated carbocycles. The van der Waals surface area contributed by atoms with Gasteiger partial charge in [0.15, 0.2) is 0 Å². The zero-order valence-corrected chi connectivity index (χ0v) is 19.0. The molecule has 0 heterocycles. The van der Waals surface area contributed by atoms with E-state index in [1.54, 1.807) is 0 Å². The molecule has 3 aliphatic rings. The third-order valence-corrected chi connectivity index (χ3v) is 7.54. The second kappa shape index (κ2) is 9.49. The fourth-order valence-electron chi connectivity index (χ4n) is 5.62. The lowest BCUT2D eigenvalue weighted by atomic mass is 9.79. The number of carbonyl (C=O) groups is 3. The summed E-state index contributed by atoms with van der Waals surface area (Å²) in [5.74, 6) is -1.33. The highest BCUT2D eigenvalue weighted by Crippen LogP contribution is 2.44. The fraction of sp³-hybridized carbons (Fsp3) is 0.444. The first-order chi connectivity index (χ1) is 16.5. The highest BCUT2D eigenvalue weighted by atomic mass is 16.5. The minimum absolute atomic E-state index is 0.0140. The van der Waals surface area contributed by atoms with Gasteiger partial charge in [0.05, 0.1) is 5.92 Å². The molecule has 7 heteroatoms. The molecule has 2 unspecified atom stereocenters. The Morgan fingerprint density at radius 1 is 0.824 bits per heavy atom. The van der Waals surface area contributed by atoms with E-state index in [1.165, 1.54) is 22.3 Å². The van der Waals surface area contributed by atoms with Crippen molar-refractivity contribution in [3.05, 3.63) is 59.7 Å². The van der Waals surface area contributed by atoms with Crippen molar-refractivity contribution < 1.29 is 24.2 Å². The van der Waals surface area contributed by atoms with Gasteiger partial charge in [-0.25, -0.2) is 4.79 Å². The van der Waals surface area contributed by atoms with Crippen molar-refractivity contribution in [1.82, 2.24) is 10.6 Å². The fourth-order valence-corrected chi connectivity index (χ4v) is 5.62. The zero-order chi connectivity index (χ0) is 23.7. The summed E-state index contributed by atoms with van der Waals surface area (Å²) in [6.45, 7) is 0.267. The quantitative estimate of drug-likeness (QED) is 0.600. The number of hydrogen-bond acceptors (Lipinski definition) is 4. The van der Waals surface area contributed by atoms with Crippen molar-refractivity contribution >= 4 is 18.0 Å². The van der Waals surface area contributed by atoms with Crippen molar-refractivity contribution in [2.24, 2.45) is 11.8 Å². The molecule has 0 aromatic heterocycles. The average molecular weight is 463 g/mol. The molecule has 0 saturated heterocycles. The SMILES string of the molecule is O=C(NC1CCCC(C(=O)NC2CC(C(=O)O)C2)C1)OCC1c2ccccc2-c2ccccc21. The van der Waals surface area contributed by atoms with Gasteiger partial charge in [-0.05, 0) is 54.4 Å². The molecule has 2 aromatic rings. The van der Waals surface area contributed by atoms with Crippen LogP contribution in [0.3, 0.4) is 0 Å². The van der Waals surface area contributed by atoms with Gasteiger partial charge in [-0.1, -0.05) is 55.0 Å². The molecule has 0 bridgehead atoms. The van der Waals surface area contributed by atoms with E-state index in [9.17, 15) is 14.4 Å². The largest absolute Gasteiger partial charge is 0.481 e. The normalized spacial score (nSPS) is 25.4. The Labute approximate surface area is 198 Å². The Bertz CT molecular complexity index is 1050. The topological polar surface area (TPSA) is 105 Å². The molecule has 2 fully saturated rings. The van der Waals surface area contributed by atoms with Crippen LogP contribution in [0.25, 0.3) is 11.1 Å². The van der Waals surface area contributed by atoms with Crippen LogP contribution in [0, 0.1) is 11.8 Å².